The normalized spacial score (nSPS) is 27.4. The van der Waals surface area contributed by atoms with E-state index in [0.717, 1.165) is 18.5 Å². The first-order valence-electron chi connectivity index (χ1n) is 10.1. The molecule has 2 aromatic rings. The number of rotatable bonds is 1. The maximum absolute atomic E-state index is 12.3. The van der Waals surface area contributed by atoms with Crippen LogP contribution in [0.15, 0.2) is 36.8 Å². The molecule has 1 amide bonds. The number of aromatic nitrogens is 2. The van der Waals surface area contributed by atoms with Crippen LogP contribution in [0.25, 0.3) is 11.3 Å². The Hall–Kier alpha value is -2.34. The monoisotopic (exact) mass is 381 g/mol. The average Bonchev–Trinajstić information content (AvgIpc) is 3.25. The molecule has 1 aliphatic carbocycles. The van der Waals surface area contributed by atoms with Crippen molar-refractivity contribution in [3.63, 3.8) is 0 Å². The Morgan fingerprint density at radius 3 is 2.79 bits per heavy atom. The molecule has 28 heavy (non-hydrogen) atoms. The summed E-state index contributed by atoms with van der Waals surface area (Å²) in [4.78, 5) is 18.4. The number of hydrogen-bond acceptors (Lipinski definition) is 4. The summed E-state index contributed by atoms with van der Waals surface area (Å²) < 4.78 is 7.69. The molecule has 2 fully saturated rings. The number of imidazole rings is 1. The molecule has 0 bridgehead atoms. The zero-order valence-electron chi connectivity index (χ0n) is 16.6. The smallest absolute Gasteiger partial charge is 0.410 e. The Morgan fingerprint density at radius 2 is 2.04 bits per heavy atom. The van der Waals surface area contributed by atoms with Crippen LogP contribution in [0.5, 0.6) is 0 Å². The van der Waals surface area contributed by atoms with E-state index in [1.165, 1.54) is 11.1 Å². The number of nitrogens with zero attached hydrogens (tertiary/aromatic N) is 3. The van der Waals surface area contributed by atoms with Gasteiger partial charge in [-0.05, 0) is 39.2 Å². The molecule has 6 nitrogen and oxygen atoms in total. The molecule has 5 rings (SSSR count). The van der Waals surface area contributed by atoms with Crippen molar-refractivity contribution in [1.29, 1.82) is 0 Å². The van der Waals surface area contributed by atoms with Crippen LogP contribution in [-0.4, -0.2) is 50.4 Å². The van der Waals surface area contributed by atoms with Gasteiger partial charge < -0.3 is 19.3 Å². The van der Waals surface area contributed by atoms with Gasteiger partial charge in [0.1, 0.15) is 5.60 Å². The predicted octanol–water partition coefficient (Wildman–Crippen LogP) is 3.46. The lowest BCUT2D eigenvalue weighted by Gasteiger charge is -2.50. The second-order valence-corrected chi connectivity index (χ2v) is 9.56. The topological polar surface area (TPSA) is 67.6 Å². The largest absolute Gasteiger partial charge is 0.444 e. The summed E-state index contributed by atoms with van der Waals surface area (Å²) in [7, 11) is 0. The summed E-state index contributed by atoms with van der Waals surface area (Å²) in [6.07, 6.45) is 4.94. The van der Waals surface area contributed by atoms with Crippen LogP contribution in [0, 0.1) is 11.3 Å². The summed E-state index contributed by atoms with van der Waals surface area (Å²) in [5, 5.41) is 11.3. The first-order chi connectivity index (χ1) is 13.3. The summed E-state index contributed by atoms with van der Waals surface area (Å²) >= 11 is 0. The van der Waals surface area contributed by atoms with E-state index in [1.54, 1.807) is 4.90 Å². The quantitative estimate of drug-likeness (QED) is 0.821. The fourth-order valence-corrected chi connectivity index (χ4v) is 5.37. The van der Waals surface area contributed by atoms with Gasteiger partial charge in [-0.2, -0.15) is 0 Å². The highest BCUT2D eigenvalue weighted by molar-refractivity contribution is 5.70. The van der Waals surface area contributed by atoms with Crippen LogP contribution in [0.1, 0.15) is 45.2 Å². The molecule has 0 unspecified atom stereocenters. The van der Waals surface area contributed by atoms with Crippen molar-refractivity contribution in [2.45, 2.75) is 51.4 Å². The Kier molecular flexibility index (Phi) is 3.69. The number of aliphatic hydroxyl groups excluding tert-OH is 1. The lowest BCUT2D eigenvalue weighted by atomic mass is 9.74. The van der Waals surface area contributed by atoms with Crippen LogP contribution in [0.3, 0.4) is 0 Å². The van der Waals surface area contributed by atoms with Gasteiger partial charge in [0.15, 0.2) is 0 Å². The summed E-state index contributed by atoms with van der Waals surface area (Å²) in [6, 6.07) is 8.52. The molecule has 2 aliphatic heterocycles. The number of carbonyl (C=O) groups excluding carboxylic acids is 1. The van der Waals surface area contributed by atoms with Gasteiger partial charge in [0.25, 0.3) is 0 Å². The number of fused-ring (bicyclic) bond motifs is 3. The Morgan fingerprint density at radius 1 is 1.29 bits per heavy atom. The molecule has 3 heterocycles. The zero-order chi connectivity index (χ0) is 19.7. The minimum absolute atomic E-state index is 0.110. The second kappa shape index (κ2) is 5.83. The first-order valence-corrected chi connectivity index (χ1v) is 10.1. The van der Waals surface area contributed by atoms with E-state index in [1.807, 2.05) is 33.3 Å². The predicted molar refractivity (Wildman–Crippen MR) is 105 cm³/mol. The highest BCUT2D eigenvalue weighted by Gasteiger charge is 2.59. The maximum Gasteiger partial charge on any atom is 0.410 e. The van der Waals surface area contributed by atoms with Crippen molar-refractivity contribution < 1.29 is 14.6 Å². The Labute approximate surface area is 165 Å². The first kappa shape index (κ1) is 17.7. The van der Waals surface area contributed by atoms with E-state index in [-0.39, 0.29) is 23.5 Å². The van der Waals surface area contributed by atoms with Gasteiger partial charge in [0.2, 0.25) is 0 Å². The standard InChI is InChI=1S/C22H27N3O3/c1-21(2,3)28-20(27)24-11-22(12-24)9-8-16(19(22)26)18-15-7-5-4-6-14(15)17-10-23-13-25(17)18/h4-7,10,13,16,18-19,26H,8-9,11-12H2,1-3H3/t16-,18+,19+/m0/s1. The number of benzene rings is 1. The zero-order valence-corrected chi connectivity index (χ0v) is 16.6. The van der Waals surface area contributed by atoms with Crippen molar-refractivity contribution in [3.8, 4) is 11.3 Å². The number of hydrogen-bond donors (Lipinski definition) is 1. The molecule has 1 saturated heterocycles. The van der Waals surface area contributed by atoms with Gasteiger partial charge in [0, 0.05) is 30.0 Å². The third-order valence-corrected chi connectivity index (χ3v) is 6.60. The van der Waals surface area contributed by atoms with E-state index in [2.05, 4.69) is 33.8 Å². The molecule has 1 aromatic heterocycles. The minimum atomic E-state index is -0.498. The van der Waals surface area contributed by atoms with Crippen molar-refractivity contribution in [2.75, 3.05) is 13.1 Å². The summed E-state index contributed by atoms with van der Waals surface area (Å²) in [5.74, 6) is 0.123. The molecule has 3 atom stereocenters. The molecular weight excluding hydrogens is 354 g/mol. The van der Waals surface area contributed by atoms with Gasteiger partial charge in [0.05, 0.1) is 30.4 Å². The van der Waals surface area contributed by atoms with Gasteiger partial charge in [-0.1, -0.05) is 24.3 Å². The second-order valence-electron chi connectivity index (χ2n) is 9.56. The number of carbonyl (C=O) groups is 1. The summed E-state index contributed by atoms with van der Waals surface area (Å²) in [6.45, 7) is 6.78. The number of likely N-dealkylation sites (tertiary alicyclic amines) is 1. The molecule has 1 aromatic carbocycles. The van der Waals surface area contributed by atoms with Crippen LogP contribution >= 0.6 is 0 Å². The van der Waals surface area contributed by atoms with Crippen LogP contribution in [0.2, 0.25) is 0 Å². The molecule has 1 spiro atoms. The maximum atomic E-state index is 12.3. The molecule has 0 radical (unpaired) electrons. The molecule has 3 aliphatic rings. The number of ether oxygens (including phenoxy) is 1. The van der Waals surface area contributed by atoms with Crippen LogP contribution in [-0.2, 0) is 4.74 Å². The highest BCUT2D eigenvalue weighted by Crippen LogP contribution is 2.55. The molecule has 148 valence electrons. The highest BCUT2D eigenvalue weighted by atomic mass is 16.6. The summed E-state index contributed by atoms with van der Waals surface area (Å²) in [5.41, 5.74) is 2.89. The third kappa shape index (κ3) is 2.50. The lowest BCUT2D eigenvalue weighted by Crippen LogP contribution is -2.63. The molecule has 1 N–H and O–H groups in total. The Bertz CT molecular complexity index is 923. The van der Waals surface area contributed by atoms with Crippen molar-refractivity contribution in [3.05, 3.63) is 42.4 Å². The van der Waals surface area contributed by atoms with E-state index in [0.29, 0.717) is 13.1 Å². The number of amides is 1. The van der Waals surface area contributed by atoms with Gasteiger partial charge in [-0.15, -0.1) is 0 Å². The van der Waals surface area contributed by atoms with E-state index < -0.39 is 11.7 Å². The van der Waals surface area contributed by atoms with Gasteiger partial charge in [-0.25, -0.2) is 9.78 Å². The van der Waals surface area contributed by atoms with Crippen LogP contribution < -0.4 is 0 Å². The van der Waals surface area contributed by atoms with Gasteiger partial charge in [-0.3, -0.25) is 0 Å². The lowest BCUT2D eigenvalue weighted by molar-refractivity contribution is -0.0900. The third-order valence-electron chi connectivity index (χ3n) is 6.60. The van der Waals surface area contributed by atoms with E-state index in [4.69, 9.17) is 4.74 Å². The number of aliphatic hydroxyl groups is 1. The molecular formula is C22H27N3O3. The minimum Gasteiger partial charge on any atom is -0.444 e. The SMILES string of the molecule is CC(C)(C)OC(=O)N1CC2(CC[C@@H]([C@H]3c4ccccc4-c4cncn43)[C@H]2O)C1. The Balaban J connectivity index is 1.36. The fourth-order valence-electron chi connectivity index (χ4n) is 5.37. The van der Waals surface area contributed by atoms with Crippen LogP contribution in [0.4, 0.5) is 4.79 Å². The van der Waals surface area contributed by atoms with Crippen molar-refractivity contribution in [2.24, 2.45) is 11.3 Å². The van der Waals surface area contributed by atoms with Crippen molar-refractivity contribution >= 4 is 6.09 Å². The van der Waals surface area contributed by atoms with E-state index >= 15 is 0 Å². The van der Waals surface area contributed by atoms with Crippen molar-refractivity contribution in [1.82, 2.24) is 14.5 Å². The fraction of sp³-hybridized carbons (Fsp3) is 0.545. The van der Waals surface area contributed by atoms with Gasteiger partial charge >= 0.3 is 6.09 Å². The average molecular weight is 381 g/mol. The van der Waals surface area contributed by atoms with E-state index in [9.17, 15) is 9.90 Å². The molecule has 6 heteroatoms. The molecule has 1 saturated carbocycles.